The minimum absolute atomic E-state index is 0.0738. The first-order chi connectivity index (χ1) is 15.5. The van der Waals surface area contributed by atoms with E-state index in [1.165, 1.54) is 55.5 Å². The van der Waals surface area contributed by atoms with Crippen LogP contribution in [0.2, 0.25) is 0 Å². The fourth-order valence-corrected chi connectivity index (χ4v) is 2.85. The first-order valence-electron chi connectivity index (χ1n) is 10.3. The summed E-state index contributed by atoms with van der Waals surface area (Å²) in [6.07, 6.45) is 0. The fraction of sp³-hybridized carbons (Fsp3) is 0.185. The molecule has 4 nitrogen and oxygen atoms in total. The Morgan fingerprint density at radius 3 is 1.48 bits per heavy atom. The highest BCUT2D eigenvalue weighted by molar-refractivity contribution is 5.88. The smallest absolute Gasteiger partial charge is 0.338 e. The Kier molecular flexibility index (Phi) is 6.77. The quantitative estimate of drug-likeness (QED) is 0.246. The molecule has 0 aromatic heterocycles. The van der Waals surface area contributed by atoms with Crippen molar-refractivity contribution in [1.29, 1.82) is 0 Å². The Labute approximate surface area is 191 Å². The Balaban J connectivity index is 1.82. The molecule has 6 heteroatoms. The van der Waals surface area contributed by atoms with Crippen molar-refractivity contribution in [2.75, 3.05) is 0 Å². The van der Waals surface area contributed by atoms with E-state index < -0.39 is 29.0 Å². The van der Waals surface area contributed by atoms with E-state index in [0.29, 0.717) is 16.9 Å². The van der Waals surface area contributed by atoms with Gasteiger partial charge in [0.05, 0.1) is 5.41 Å². The number of ether oxygens (including phenoxy) is 2. The van der Waals surface area contributed by atoms with E-state index in [4.69, 9.17) is 9.47 Å². The molecule has 0 radical (unpaired) electrons. The fourth-order valence-electron chi connectivity index (χ4n) is 2.85. The second-order valence-electron chi connectivity index (χ2n) is 8.65. The van der Waals surface area contributed by atoms with Crippen LogP contribution in [0.25, 0.3) is 22.3 Å². The standard InChI is InChI=1S/C27H24F2O4/c1-16(2)25(30)32-19-10-6-17(7-11-19)21-14-15-22(24(29)23(21)28)18-8-12-20(13-9-18)33-26(31)27(3,4)5/h6-15H,1H2,2-5H3. The van der Waals surface area contributed by atoms with Crippen LogP contribution in [-0.4, -0.2) is 11.9 Å². The van der Waals surface area contributed by atoms with Crippen molar-refractivity contribution in [3.63, 3.8) is 0 Å². The van der Waals surface area contributed by atoms with Gasteiger partial charge in [0.2, 0.25) is 0 Å². The van der Waals surface area contributed by atoms with Crippen molar-refractivity contribution in [2.24, 2.45) is 5.41 Å². The zero-order valence-electron chi connectivity index (χ0n) is 18.9. The summed E-state index contributed by atoms with van der Waals surface area (Å²) in [6.45, 7) is 10.3. The average molecular weight is 450 g/mol. The van der Waals surface area contributed by atoms with Gasteiger partial charge in [-0.2, -0.15) is 0 Å². The SMILES string of the molecule is C=C(C)C(=O)Oc1ccc(-c2ccc(-c3ccc(OC(=O)C(C)(C)C)cc3)c(F)c2F)cc1. The summed E-state index contributed by atoms with van der Waals surface area (Å²) in [5, 5.41) is 0. The highest BCUT2D eigenvalue weighted by Gasteiger charge is 2.24. The number of halogens is 2. The highest BCUT2D eigenvalue weighted by atomic mass is 19.2. The largest absolute Gasteiger partial charge is 0.426 e. The molecule has 0 saturated carbocycles. The molecule has 0 aliphatic carbocycles. The van der Waals surface area contributed by atoms with Crippen LogP contribution >= 0.6 is 0 Å². The topological polar surface area (TPSA) is 52.6 Å². The first-order valence-corrected chi connectivity index (χ1v) is 10.3. The zero-order valence-corrected chi connectivity index (χ0v) is 18.9. The van der Waals surface area contributed by atoms with Crippen molar-refractivity contribution >= 4 is 11.9 Å². The van der Waals surface area contributed by atoms with E-state index in [9.17, 15) is 18.4 Å². The van der Waals surface area contributed by atoms with Crippen LogP contribution in [0.5, 0.6) is 11.5 Å². The molecule has 33 heavy (non-hydrogen) atoms. The molecule has 3 rings (SSSR count). The van der Waals surface area contributed by atoms with E-state index in [1.54, 1.807) is 32.9 Å². The lowest BCUT2D eigenvalue weighted by Gasteiger charge is -2.16. The molecule has 0 heterocycles. The van der Waals surface area contributed by atoms with E-state index in [0.717, 1.165) is 0 Å². The van der Waals surface area contributed by atoms with Crippen LogP contribution < -0.4 is 9.47 Å². The van der Waals surface area contributed by atoms with Gasteiger partial charge in [-0.3, -0.25) is 4.79 Å². The lowest BCUT2D eigenvalue weighted by atomic mass is 9.97. The molecule has 0 unspecified atom stereocenters. The number of benzene rings is 3. The van der Waals surface area contributed by atoms with Gasteiger partial charge in [0, 0.05) is 16.7 Å². The zero-order chi connectivity index (χ0) is 24.3. The minimum Gasteiger partial charge on any atom is -0.426 e. The van der Waals surface area contributed by atoms with Crippen molar-refractivity contribution in [2.45, 2.75) is 27.7 Å². The van der Waals surface area contributed by atoms with Crippen LogP contribution in [0.1, 0.15) is 27.7 Å². The Bertz CT molecular complexity index is 1200. The molecule has 0 bridgehead atoms. The molecule has 0 aliphatic heterocycles. The Morgan fingerprint density at radius 2 is 1.12 bits per heavy atom. The van der Waals surface area contributed by atoms with Gasteiger partial charge in [-0.15, -0.1) is 0 Å². The lowest BCUT2D eigenvalue weighted by molar-refractivity contribution is -0.143. The molecule has 0 spiro atoms. The molecular formula is C27H24F2O4. The monoisotopic (exact) mass is 450 g/mol. The maximum atomic E-state index is 14.9. The Morgan fingerprint density at radius 1 is 0.727 bits per heavy atom. The second kappa shape index (κ2) is 9.36. The third-order valence-corrected chi connectivity index (χ3v) is 4.79. The molecule has 0 fully saturated rings. The number of hydrogen-bond acceptors (Lipinski definition) is 4. The van der Waals surface area contributed by atoms with Crippen LogP contribution in [0.4, 0.5) is 8.78 Å². The van der Waals surface area contributed by atoms with Crippen LogP contribution in [0, 0.1) is 17.0 Å². The third kappa shape index (κ3) is 5.52. The predicted molar refractivity (Wildman–Crippen MR) is 123 cm³/mol. The van der Waals surface area contributed by atoms with Crippen molar-refractivity contribution in [3.8, 4) is 33.8 Å². The lowest BCUT2D eigenvalue weighted by Crippen LogP contribution is -2.25. The van der Waals surface area contributed by atoms with E-state index in [2.05, 4.69) is 6.58 Å². The maximum absolute atomic E-state index is 14.9. The second-order valence-corrected chi connectivity index (χ2v) is 8.65. The van der Waals surface area contributed by atoms with Crippen LogP contribution in [0.15, 0.2) is 72.8 Å². The van der Waals surface area contributed by atoms with Gasteiger partial charge in [0.15, 0.2) is 11.6 Å². The summed E-state index contributed by atoms with van der Waals surface area (Å²) < 4.78 is 40.2. The van der Waals surface area contributed by atoms with E-state index in [1.807, 2.05) is 0 Å². The van der Waals surface area contributed by atoms with Gasteiger partial charge in [0.1, 0.15) is 11.5 Å². The minimum atomic E-state index is -0.998. The molecule has 0 saturated heterocycles. The number of carbonyl (C=O) groups is 2. The average Bonchev–Trinajstić information content (AvgIpc) is 2.76. The summed E-state index contributed by atoms with van der Waals surface area (Å²) in [5.41, 5.74) is 0.617. The maximum Gasteiger partial charge on any atom is 0.338 e. The number of rotatable bonds is 5. The van der Waals surface area contributed by atoms with Crippen molar-refractivity contribution in [1.82, 2.24) is 0 Å². The van der Waals surface area contributed by atoms with Crippen molar-refractivity contribution in [3.05, 3.63) is 84.5 Å². The predicted octanol–water partition coefficient (Wildman–Crippen LogP) is 6.73. The summed E-state index contributed by atoms with van der Waals surface area (Å²) in [4.78, 5) is 23.6. The summed E-state index contributed by atoms with van der Waals surface area (Å²) in [6, 6.07) is 15.2. The molecular weight excluding hydrogens is 426 g/mol. The van der Waals surface area contributed by atoms with Gasteiger partial charge in [-0.1, -0.05) is 43.0 Å². The van der Waals surface area contributed by atoms with E-state index in [-0.39, 0.29) is 22.4 Å². The van der Waals surface area contributed by atoms with Gasteiger partial charge in [-0.05, 0) is 63.1 Å². The molecule has 170 valence electrons. The molecule has 0 amide bonds. The van der Waals surface area contributed by atoms with E-state index >= 15 is 0 Å². The van der Waals surface area contributed by atoms with Gasteiger partial charge in [-0.25, -0.2) is 13.6 Å². The summed E-state index contributed by atoms with van der Waals surface area (Å²) in [7, 11) is 0. The molecule has 0 N–H and O–H groups in total. The first kappa shape index (κ1) is 23.9. The summed E-state index contributed by atoms with van der Waals surface area (Å²) in [5.74, 6) is -2.35. The molecule has 3 aromatic rings. The number of esters is 2. The van der Waals surface area contributed by atoms with Crippen LogP contribution in [-0.2, 0) is 9.59 Å². The molecule has 3 aromatic carbocycles. The van der Waals surface area contributed by atoms with Gasteiger partial charge < -0.3 is 9.47 Å². The number of hydrogen-bond donors (Lipinski definition) is 0. The third-order valence-electron chi connectivity index (χ3n) is 4.79. The normalized spacial score (nSPS) is 11.1. The highest BCUT2D eigenvalue weighted by Crippen LogP contribution is 2.33. The summed E-state index contributed by atoms with van der Waals surface area (Å²) >= 11 is 0. The Hall–Kier alpha value is -3.80. The van der Waals surface area contributed by atoms with Crippen molar-refractivity contribution < 1.29 is 27.8 Å². The van der Waals surface area contributed by atoms with Crippen LogP contribution in [0.3, 0.4) is 0 Å². The molecule has 0 aliphatic rings. The van der Waals surface area contributed by atoms with Gasteiger partial charge in [0.25, 0.3) is 0 Å². The number of carbonyl (C=O) groups excluding carboxylic acids is 2. The van der Waals surface area contributed by atoms with Gasteiger partial charge >= 0.3 is 11.9 Å². The molecule has 0 atom stereocenters.